The van der Waals surface area contributed by atoms with E-state index in [4.69, 9.17) is 4.74 Å². The number of hydrogen-bond acceptors (Lipinski definition) is 4. The van der Waals surface area contributed by atoms with Gasteiger partial charge in [-0.05, 0) is 31.1 Å². The summed E-state index contributed by atoms with van der Waals surface area (Å²) in [6.45, 7) is 7.05. The van der Waals surface area contributed by atoms with Gasteiger partial charge in [0, 0.05) is 20.2 Å². The quantitative estimate of drug-likeness (QED) is 0.800. The highest BCUT2D eigenvalue weighted by molar-refractivity contribution is 4.94. The first-order chi connectivity index (χ1) is 9.20. The Morgan fingerprint density at radius 2 is 2.21 bits per heavy atom. The van der Waals surface area contributed by atoms with Crippen LogP contribution in [-0.4, -0.2) is 35.3 Å². The normalized spacial score (nSPS) is 27.6. The number of aromatic nitrogens is 3. The Morgan fingerprint density at radius 1 is 1.37 bits per heavy atom. The molecule has 0 spiro atoms. The Kier molecular flexibility index (Phi) is 5.34. The minimum absolute atomic E-state index is 0.534. The number of nitrogens with zero attached hydrogens (tertiary/aromatic N) is 3. The van der Waals surface area contributed by atoms with Crippen LogP contribution in [0, 0.1) is 11.8 Å². The SMILES string of the molecule is COCCNCc1cn(C2CCC(C)C(C)C2)nn1. The second-order valence-corrected chi connectivity index (χ2v) is 5.78. The van der Waals surface area contributed by atoms with Crippen LogP contribution in [-0.2, 0) is 11.3 Å². The summed E-state index contributed by atoms with van der Waals surface area (Å²) < 4.78 is 7.06. The molecule has 3 atom stereocenters. The van der Waals surface area contributed by atoms with Gasteiger partial charge in [-0.2, -0.15) is 0 Å². The van der Waals surface area contributed by atoms with Gasteiger partial charge in [0.1, 0.15) is 0 Å². The maximum Gasteiger partial charge on any atom is 0.0964 e. The predicted octanol–water partition coefficient (Wildman–Crippen LogP) is 2.01. The number of nitrogens with one attached hydrogen (secondary N) is 1. The van der Waals surface area contributed by atoms with Crippen molar-refractivity contribution < 1.29 is 4.74 Å². The summed E-state index contributed by atoms with van der Waals surface area (Å²) >= 11 is 0. The smallest absolute Gasteiger partial charge is 0.0964 e. The molecule has 1 N–H and O–H groups in total. The van der Waals surface area contributed by atoms with Gasteiger partial charge in [0.25, 0.3) is 0 Å². The van der Waals surface area contributed by atoms with Gasteiger partial charge >= 0.3 is 0 Å². The monoisotopic (exact) mass is 266 g/mol. The van der Waals surface area contributed by atoms with Crippen LogP contribution in [0.1, 0.15) is 44.8 Å². The zero-order valence-corrected chi connectivity index (χ0v) is 12.3. The van der Waals surface area contributed by atoms with Gasteiger partial charge in [-0.3, -0.25) is 0 Å². The lowest BCUT2D eigenvalue weighted by molar-refractivity contribution is 0.198. The maximum absolute atomic E-state index is 5.00. The van der Waals surface area contributed by atoms with Gasteiger partial charge in [-0.1, -0.05) is 19.1 Å². The molecule has 5 nitrogen and oxygen atoms in total. The molecule has 0 aromatic carbocycles. The van der Waals surface area contributed by atoms with Crippen molar-refractivity contribution in [2.24, 2.45) is 11.8 Å². The van der Waals surface area contributed by atoms with Crippen molar-refractivity contribution in [3.63, 3.8) is 0 Å². The van der Waals surface area contributed by atoms with Gasteiger partial charge in [-0.25, -0.2) is 4.68 Å². The lowest BCUT2D eigenvalue weighted by Crippen LogP contribution is -2.23. The molecule has 1 aliphatic rings. The second-order valence-electron chi connectivity index (χ2n) is 5.78. The lowest BCUT2D eigenvalue weighted by Gasteiger charge is -2.31. The molecule has 1 fully saturated rings. The van der Waals surface area contributed by atoms with Crippen LogP contribution in [0.15, 0.2) is 6.20 Å². The molecule has 2 rings (SSSR count). The van der Waals surface area contributed by atoms with Crippen LogP contribution in [0.3, 0.4) is 0 Å². The van der Waals surface area contributed by atoms with E-state index in [9.17, 15) is 0 Å². The highest BCUT2D eigenvalue weighted by atomic mass is 16.5. The van der Waals surface area contributed by atoms with E-state index in [-0.39, 0.29) is 0 Å². The van der Waals surface area contributed by atoms with Crippen molar-refractivity contribution in [2.45, 2.75) is 45.7 Å². The number of rotatable bonds is 6. The largest absolute Gasteiger partial charge is 0.383 e. The fourth-order valence-corrected chi connectivity index (χ4v) is 2.72. The molecule has 0 saturated heterocycles. The first kappa shape index (κ1) is 14.5. The molecule has 1 aliphatic carbocycles. The van der Waals surface area contributed by atoms with Crippen molar-refractivity contribution >= 4 is 0 Å². The molecule has 0 aliphatic heterocycles. The Hall–Kier alpha value is -0.940. The van der Waals surface area contributed by atoms with Gasteiger partial charge in [0.05, 0.1) is 24.5 Å². The van der Waals surface area contributed by atoms with Crippen LogP contribution in [0.2, 0.25) is 0 Å². The van der Waals surface area contributed by atoms with Crippen molar-refractivity contribution in [1.82, 2.24) is 20.3 Å². The summed E-state index contributed by atoms with van der Waals surface area (Å²) in [5, 5.41) is 11.8. The molecule has 1 aromatic heterocycles. The average molecular weight is 266 g/mol. The minimum Gasteiger partial charge on any atom is -0.383 e. The Labute approximate surface area is 115 Å². The first-order valence-corrected chi connectivity index (χ1v) is 7.31. The second kappa shape index (κ2) is 7.01. The van der Waals surface area contributed by atoms with Gasteiger partial charge < -0.3 is 10.1 Å². The number of hydrogen-bond donors (Lipinski definition) is 1. The zero-order valence-electron chi connectivity index (χ0n) is 12.3. The lowest BCUT2D eigenvalue weighted by atomic mass is 9.79. The standard InChI is InChI=1S/C14H26N4O/c1-11-4-5-14(8-12(11)2)18-10-13(16-17-18)9-15-6-7-19-3/h10-12,14-15H,4-9H2,1-3H3. The fraction of sp³-hybridized carbons (Fsp3) is 0.857. The van der Waals surface area contributed by atoms with Gasteiger partial charge in [-0.15, -0.1) is 5.10 Å². The maximum atomic E-state index is 5.00. The highest BCUT2D eigenvalue weighted by Gasteiger charge is 2.26. The molecular formula is C14H26N4O. The third-order valence-corrected chi connectivity index (χ3v) is 4.29. The van der Waals surface area contributed by atoms with E-state index >= 15 is 0 Å². The molecule has 0 amide bonds. The van der Waals surface area contributed by atoms with E-state index in [0.29, 0.717) is 6.04 Å². The number of methoxy groups -OCH3 is 1. The highest BCUT2D eigenvalue weighted by Crippen LogP contribution is 2.35. The van der Waals surface area contributed by atoms with Crippen LogP contribution in [0.5, 0.6) is 0 Å². The Bertz CT molecular complexity index is 379. The van der Waals surface area contributed by atoms with Crippen LogP contribution >= 0.6 is 0 Å². The number of ether oxygens (including phenoxy) is 1. The molecule has 3 unspecified atom stereocenters. The van der Waals surface area contributed by atoms with Crippen molar-refractivity contribution in [2.75, 3.05) is 20.3 Å². The molecule has 1 aromatic rings. The summed E-state index contributed by atoms with van der Waals surface area (Å²) in [6.07, 6.45) is 5.84. The predicted molar refractivity (Wildman–Crippen MR) is 74.8 cm³/mol. The van der Waals surface area contributed by atoms with E-state index in [0.717, 1.165) is 37.2 Å². The topological polar surface area (TPSA) is 52.0 Å². The summed E-state index contributed by atoms with van der Waals surface area (Å²) in [4.78, 5) is 0. The van der Waals surface area contributed by atoms with Crippen LogP contribution in [0.25, 0.3) is 0 Å². The van der Waals surface area contributed by atoms with E-state index in [1.807, 2.05) is 0 Å². The van der Waals surface area contributed by atoms with Gasteiger partial charge in [0.2, 0.25) is 0 Å². The average Bonchev–Trinajstić information content (AvgIpc) is 2.87. The summed E-state index contributed by atoms with van der Waals surface area (Å²) in [5.41, 5.74) is 1.02. The van der Waals surface area contributed by atoms with E-state index in [2.05, 4.69) is 40.4 Å². The van der Waals surface area contributed by atoms with Crippen LogP contribution < -0.4 is 5.32 Å². The van der Waals surface area contributed by atoms with E-state index in [1.165, 1.54) is 19.3 Å². The molecule has 5 heteroatoms. The summed E-state index contributed by atoms with van der Waals surface area (Å²) in [6, 6.07) is 0.534. The van der Waals surface area contributed by atoms with Crippen molar-refractivity contribution in [1.29, 1.82) is 0 Å². The molecule has 0 bridgehead atoms. The minimum atomic E-state index is 0.534. The summed E-state index contributed by atoms with van der Waals surface area (Å²) in [7, 11) is 1.71. The Balaban J connectivity index is 1.83. The fourth-order valence-electron chi connectivity index (χ4n) is 2.72. The van der Waals surface area contributed by atoms with E-state index in [1.54, 1.807) is 7.11 Å². The van der Waals surface area contributed by atoms with E-state index < -0.39 is 0 Å². The van der Waals surface area contributed by atoms with Crippen molar-refractivity contribution in [3.05, 3.63) is 11.9 Å². The molecule has 19 heavy (non-hydrogen) atoms. The first-order valence-electron chi connectivity index (χ1n) is 7.31. The molecule has 1 heterocycles. The molecule has 108 valence electrons. The third kappa shape index (κ3) is 4.01. The van der Waals surface area contributed by atoms with Crippen LogP contribution in [0.4, 0.5) is 0 Å². The Morgan fingerprint density at radius 3 is 2.95 bits per heavy atom. The van der Waals surface area contributed by atoms with Crippen molar-refractivity contribution in [3.8, 4) is 0 Å². The molecule has 0 radical (unpaired) electrons. The summed E-state index contributed by atoms with van der Waals surface area (Å²) in [5.74, 6) is 1.63. The van der Waals surface area contributed by atoms with Gasteiger partial charge in [0.15, 0.2) is 0 Å². The molecular weight excluding hydrogens is 240 g/mol. The zero-order chi connectivity index (χ0) is 13.7. The molecule has 1 saturated carbocycles. The third-order valence-electron chi connectivity index (χ3n) is 4.29.